The van der Waals surface area contributed by atoms with E-state index in [-0.39, 0.29) is 0 Å². The van der Waals surface area contributed by atoms with Gasteiger partial charge in [-0.15, -0.1) is 0 Å². The maximum Gasteiger partial charge on any atom is 0.179 e. The van der Waals surface area contributed by atoms with Crippen LogP contribution in [0.1, 0.15) is 5.56 Å². The van der Waals surface area contributed by atoms with Gasteiger partial charge in [-0.2, -0.15) is 5.26 Å². The van der Waals surface area contributed by atoms with E-state index in [1.165, 1.54) is 0 Å². The van der Waals surface area contributed by atoms with Crippen LogP contribution in [-0.2, 0) is 0 Å². The third-order valence-corrected chi connectivity index (χ3v) is 4.72. The summed E-state index contributed by atoms with van der Waals surface area (Å²) in [5.41, 5.74) is 1.77. The fourth-order valence-electron chi connectivity index (χ4n) is 3.11. The van der Waals surface area contributed by atoms with Crippen molar-refractivity contribution in [3.05, 3.63) is 42.4 Å². The summed E-state index contributed by atoms with van der Waals surface area (Å²) >= 11 is 0. The van der Waals surface area contributed by atoms with Crippen molar-refractivity contribution < 1.29 is 4.74 Å². The molecule has 0 atom stereocenters. The van der Waals surface area contributed by atoms with Crippen LogP contribution in [0, 0.1) is 11.3 Å². The van der Waals surface area contributed by atoms with E-state index in [1.54, 1.807) is 19.6 Å². The molecular weight excluding hydrogens is 328 g/mol. The molecule has 0 aliphatic carbocycles. The Balaban J connectivity index is 1.50. The van der Waals surface area contributed by atoms with Gasteiger partial charge in [0.25, 0.3) is 0 Å². The van der Waals surface area contributed by atoms with Crippen LogP contribution < -0.4 is 14.5 Å². The Hall–Kier alpha value is -2.85. The molecule has 0 bridgehead atoms. The summed E-state index contributed by atoms with van der Waals surface area (Å²) in [7, 11) is 3.72. The predicted octanol–water partition coefficient (Wildman–Crippen LogP) is 1.62. The highest BCUT2D eigenvalue weighted by Crippen LogP contribution is 2.24. The third kappa shape index (κ3) is 4.21. The number of ether oxygens (including phenoxy) is 1. The zero-order chi connectivity index (χ0) is 18.4. The standard InChI is InChI=1S/C19H24N6O/c1-23(17-5-3-4-16(12-17)13-20)6-7-24-8-10-25(11-9-24)19-18(26-2)14-21-15-22-19/h3-5,12,14-15H,6-11H2,1-2H3. The van der Waals surface area contributed by atoms with Crippen LogP contribution in [0.2, 0.25) is 0 Å². The van der Waals surface area contributed by atoms with Gasteiger partial charge in [0.15, 0.2) is 11.6 Å². The van der Waals surface area contributed by atoms with E-state index in [4.69, 9.17) is 10.00 Å². The molecule has 1 aliphatic heterocycles. The Morgan fingerprint density at radius 2 is 2.08 bits per heavy atom. The number of anilines is 2. The van der Waals surface area contributed by atoms with Gasteiger partial charge in [-0.25, -0.2) is 9.97 Å². The zero-order valence-corrected chi connectivity index (χ0v) is 15.3. The van der Waals surface area contributed by atoms with Crippen LogP contribution in [0.3, 0.4) is 0 Å². The van der Waals surface area contributed by atoms with Gasteiger partial charge < -0.3 is 14.5 Å². The molecule has 1 aliphatic rings. The number of nitrogens with zero attached hydrogens (tertiary/aromatic N) is 6. The number of hydrogen-bond donors (Lipinski definition) is 0. The Morgan fingerprint density at radius 3 is 2.81 bits per heavy atom. The number of nitriles is 1. The second-order valence-corrected chi connectivity index (χ2v) is 6.33. The Bertz CT molecular complexity index is 767. The molecule has 2 aromatic rings. The van der Waals surface area contributed by atoms with Crippen molar-refractivity contribution in [1.82, 2.24) is 14.9 Å². The van der Waals surface area contributed by atoms with Gasteiger partial charge in [-0.1, -0.05) is 6.07 Å². The van der Waals surface area contributed by atoms with E-state index >= 15 is 0 Å². The van der Waals surface area contributed by atoms with Gasteiger partial charge in [0.1, 0.15) is 6.33 Å². The minimum absolute atomic E-state index is 0.696. The molecule has 7 nitrogen and oxygen atoms in total. The lowest BCUT2D eigenvalue weighted by Gasteiger charge is -2.36. The molecule has 0 saturated carbocycles. The first-order valence-corrected chi connectivity index (χ1v) is 8.74. The quantitative estimate of drug-likeness (QED) is 0.782. The predicted molar refractivity (Wildman–Crippen MR) is 102 cm³/mol. The van der Waals surface area contributed by atoms with Crippen molar-refractivity contribution in [2.24, 2.45) is 0 Å². The first kappa shape index (κ1) is 18.0. The first-order valence-electron chi connectivity index (χ1n) is 8.74. The maximum atomic E-state index is 9.03. The Labute approximate surface area is 154 Å². The van der Waals surface area contributed by atoms with Crippen molar-refractivity contribution in [3.63, 3.8) is 0 Å². The number of benzene rings is 1. The Morgan fingerprint density at radius 1 is 1.27 bits per heavy atom. The molecule has 3 rings (SSSR count). The number of likely N-dealkylation sites (N-methyl/N-ethyl adjacent to an activating group) is 1. The molecule has 0 amide bonds. The molecule has 0 radical (unpaired) electrons. The van der Waals surface area contributed by atoms with E-state index in [2.05, 4.69) is 37.8 Å². The topological polar surface area (TPSA) is 68.5 Å². The molecule has 1 saturated heterocycles. The van der Waals surface area contributed by atoms with E-state index in [9.17, 15) is 0 Å². The van der Waals surface area contributed by atoms with Gasteiger partial charge in [0.2, 0.25) is 0 Å². The summed E-state index contributed by atoms with van der Waals surface area (Å²) in [6.07, 6.45) is 3.27. The number of methoxy groups -OCH3 is 1. The van der Waals surface area contributed by atoms with Crippen molar-refractivity contribution in [2.75, 3.05) is 63.2 Å². The van der Waals surface area contributed by atoms with Gasteiger partial charge in [0, 0.05) is 52.0 Å². The normalized spacial score (nSPS) is 14.7. The lowest BCUT2D eigenvalue weighted by Crippen LogP contribution is -2.48. The molecule has 136 valence electrons. The van der Waals surface area contributed by atoms with Crippen LogP contribution in [-0.4, -0.2) is 68.3 Å². The summed E-state index contributed by atoms with van der Waals surface area (Å²) in [6, 6.07) is 9.93. The lowest BCUT2D eigenvalue weighted by atomic mass is 10.2. The van der Waals surface area contributed by atoms with Crippen molar-refractivity contribution >= 4 is 11.5 Å². The molecular formula is C19H24N6O. The largest absolute Gasteiger partial charge is 0.491 e. The molecule has 2 heterocycles. The number of aromatic nitrogens is 2. The van der Waals surface area contributed by atoms with Gasteiger partial charge in [-0.05, 0) is 18.2 Å². The SMILES string of the molecule is COc1cncnc1N1CCN(CCN(C)c2cccc(C#N)c2)CC1. The second-order valence-electron chi connectivity index (χ2n) is 6.33. The highest BCUT2D eigenvalue weighted by atomic mass is 16.5. The number of hydrogen-bond acceptors (Lipinski definition) is 7. The average Bonchev–Trinajstić information content (AvgIpc) is 2.72. The second kappa shape index (κ2) is 8.50. The molecule has 1 aromatic heterocycles. The van der Waals surface area contributed by atoms with Crippen LogP contribution in [0.4, 0.5) is 11.5 Å². The fourth-order valence-corrected chi connectivity index (χ4v) is 3.11. The first-order chi connectivity index (χ1) is 12.7. The fraction of sp³-hybridized carbons (Fsp3) is 0.421. The highest BCUT2D eigenvalue weighted by Gasteiger charge is 2.20. The molecule has 26 heavy (non-hydrogen) atoms. The van der Waals surface area contributed by atoms with E-state index in [0.29, 0.717) is 5.56 Å². The minimum Gasteiger partial charge on any atom is -0.491 e. The molecule has 0 spiro atoms. The summed E-state index contributed by atoms with van der Waals surface area (Å²) in [4.78, 5) is 15.3. The molecule has 1 aromatic carbocycles. The average molecular weight is 352 g/mol. The Kier molecular flexibility index (Phi) is 5.87. The number of piperazine rings is 1. The van der Waals surface area contributed by atoms with E-state index in [0.717, 1.165) is 56.5 Å². The van der Waals surface area contributed by atoms with Crippen LogP contribution in [0.15, 0.2) is 36.8 Å². The zero-order valence-electron chi connectivity index (χ0n) is 15.3. The molecule has 1 fully saturated rings. The van der Waals surface area contributed by atoms with Gasteiger partial charge in [-0.3, -0.25) is 4.90 Å². The summed E-state index contributed by atoms with van der Waals surface area (Å²) in [5, 5.41) is 9.03. The van der Waals surface area contributed by atoms with Crippen LogP contribution >= 0.6 is 0 Å². The van der Waals surface area contributed by atoms with Crippen molar-refractivity contribution in [3.8, 4) is 11.8 Å². The monoisotopic (exact) mass is 352 g/mol. The van der Waals surface area contributed by atoms with Gasteiger partial charge >= 0.3 is 0 Å². The molecule has 0 unspecified atom stereocenters. The smallest absolute Gasteiger partial charge is 0.179 e. The van der Waals surface area contributed by atoms with Crippen molar-refractivity contribution in [1.29, 1.82) is 5.26 Å². The van der Waals surface area contributed by atoms with Crippen LogP contribution in [0.25, 0.3) is 0 Å². The summed E-state index contributed by atoms with van der Waals surface area (Å²) in [5.74, 6) is 1.59. The van der Waals surface area contributed by atoms with Crippen molar-refractivity contribution in [2.45, 2.75) is 0 Å². The maximum absolute atomic E-state index is 9.03. The minimum atomic E-state index is 0.696. The third-order valence-electron chi connectivity index (χ3n) is 4.72. The summed E-state index contributed by atoms with van der Waals surface area (Å²) < 4.78 is 5.36. The summed E-state index contributed by atoms with van der Waals surface area (Å²) in [6.45, 7) is 5.72. The lowest BCUT2D eigenvalue weighted by molar-refractivity contribution is 0.262. The van der Waals surface area contributed by atoms with Gasteiger partial charge in [0.05, 0.1) is 24.9 Å². The molecule has 0 N–H and O–H groups in total. The number of rotatable bonds is 6. The van der Waals surface area contributed by atoms with E-state index in [1.807, 2.05) is 24.3 Å². The van der Waals surface area contributed by atoms with Crippen LogP contribution in [0.5, 0.6) is 5.75 Å². The molecule has 7 heteroatoms. The highest BCUT2D eigenvalue weighted by molar-refractivity contribution is 5.51. The van der Waals surface area contributed by atoms with E-state index < -0.39 is 0 Å².